The average Bonchev–Trinajstić information content (AvgIpc) is 2.70. The molecule has 2 heterocycles. The van der Waals surface area contributed by atoms with E-state index >= 15 is 0 Å². The Morgan fingerprint density at radius 1 is 1.67 bits per heavy atom. The second kappa shape index (κ2) is 4.27. The number of rotatable bonds is 3. The molecule has 1 amide bonds. The molecule has 8 heteroatoms. The first kappa shape index (κ1) is 12.9. The number of nitrogens with two attached hydrogens (primary N) is 1. The molecule has 100 valence electrons. The standard InChI is InChI=1S/C10H16N4O3S/c1-10(3-5-18(16,17)7-10)12-9(15)6-14-4-2-8(11)13-14/h2,4H,3,5-7H2,1H3,(H2,11,13)(H,12,15). The number of carbonyl (C=O) groups is 1. The lowest BCUT2D eigenvalue weighted by Crippen LogP contribution is -2.48. The van der Waals surface area contributed by atoms with Gasteiger partial charge in [0.2, 0.25) is 5.91 Å². The van der Waals surface area contributed by atoms with Crippen LogP contribution in [0.4, 0.5) is 5.82 Å². The Bertz CT molecular complexity index is 565. The average molecular weight is 272 g/mol. The van der Waals surface area contributed by atoms with Crippen molar-refractivity contribution >= 4 is 21.6 Å². The first-order valence-corrected chi connectivity index (χ1v) is 7.41. The Morgan fingerprint density at radius 2 is 2.39 bits per heavy atom. The molecule has 0 aliphatic carbocycles. The predicted octanol–water partition coefficient (Wildman–Crippen LogP) is -0.841. The van der Waals surface area contributed by atoms with Crippen LogP contribution >= 0.6 is 0 Å². The first-order chi connectivity index (χ1) is 8.28. The van der Waals surface area contributed by atoms with Crippen molar-refractivity contribution in [1.82, 2.24) is 15.1 Å². The molecule has 0 spiro atoms. The molecule has 3 N–H and O–H groups in total. The van der Waals surface area contributed by atoms with Crippen molar-refractivity contribution in [3.8, 4) is 0 Å². The quantitative estimate of drug-likeness (QED) is 0.746. The third-order valence-electron chi connectivity index (χ3n) is 2.91. The minimum Gasteiger partial charge on any atom is -0.382 e. The molecule has 1 aliphatic rings. The highest BCUT2D eigenvalue weighted by Gasteiger charge is 2.39. The summed E-state index contributed by atoms with van der Waals surface area (Å²) in [5, 5.41) is 6.64. The number of hydrogen-bond acceptors (Lipinski definition) is 5. The van der Waals surface area contributed by atoms with Gasteiger partial charge in [-0.3, -0.25) is 9.48 Å². The van der Waals surface area contributed by atoms with E-state index in [1.807, 2.05) is 0 Å². The van der Waals surface area contributed by atoms with Crippen LogP contribution in [0.3, 0.4) is 0 Å². The fourth-order valence-corrected chi connectivity index (χ4v) is 4.19. The molecule has 0 radical (unpaired) electrons. The summed E-state index contributed by atoms with van der Waals surface area (Å²) in [4.78, 5) is 11.8. The molecule has 7 nitrogen and oxygen atoms in total. The summed E-state index contributed by atoms with van der Waals surface area (Å²) in [6.07, 6.45) is 2.05. The van der Waals surface area contributed by atoms with Crippen LogP contribution in [0.15, 0.2) is 12.3 Å². The third-order valence-corrected chi connectivity index (χ3v) is 4.81. The zero-order chi connectivity index (χ0) is 13.4. The van der Waals surface area contributed by atoms with Gasteiger partial charge in [-0.25, -0.2) is 8.42 Å². The van der Waals surface area contributed by atoms with Gasteiger partial charge in [-0.2, -0.15) is 5.10 Å². The van der Waals surface area contributed by atoms with Crippen LogP contribution in [0, 0.1) is 0 Å². The molecule has 0 bridgehead atoms. The molecule has 1 aromatic rings. The monoisotopic (exact) mass is 272 g/mol. The third kappa shape index (κ3) is 3.00. The van der Waals surface area contributed by atoms with Crippen molar-refractivity contribution in [3.63, 3.8) is 0 Å². The van der Waals surface area contributed by atoms with Crippen LogP contribution < -0.4 is 11.1 Å². The fourth-order valence-electron chi connectivity index (χ4n) is 2.10. The highest BCUT2D eigenvalue weighted by Crippen LogP contribution is 2.22. The number of sulfone groups is 1. The van der Waals surface area contributed by atoms with E-state index in [9.17, 15) is 13.2 Å². The lowest BCUT2D eigenvalue weighted by molar-refractivity contribution is -0.123. The fraction of sp³-hybridized carbons (Fsp3) is 0.600. The Hall–Kier alpha value is -1.57. The van der Waals surface area contributed by atoms with E-state index in [4.69, 9.17) is 5.73 Å². The molecule has 1 atom stereocenters. The van der Waals surface area contributed by atoms with Crippen molar-refractivity contribution in [1.29, 1.82) is 0 Å². The molecule has 0 saturated carbocycles. The lowest BCUT2D eigenvalue weighted by Gasteiger charge is -2.23. The first-order valence-electron chi connectivity index (χ1n) is 5.58. The Balaban J connectivity index is 1.96. The van der Waals surface area contributed by atoms with Crippen LogP contribution in [0.1, 0.15) is 13.3 Å². The molecule has 2 rings (SSSR count). The second-order valence-electron chi connectivity index (χ2n) is 4.89. The number of nitrogens with zero attached hydrogens (tertiary/aromatic N) is 2. The van der Waals surface area contributed by atoms with Gasteiger partial charge in [0.1, 0.15) is 12.4 Å². The topological polar surface area (TPSA) is 107 Å². The van der Waals surface area contributed by atoms with E-state index in [2.05, 4.69) is 10.4 Å². The van der Waals surface area contributed by atoms with Crippen molar-refractivity contribution in [2.45, 2.75) is 25.4 Å². The van der Waals surface area contributed by atoms with E-state index in [1.165, 1.54) is 4.68 Å². The van der Waals surface area contributed by atoms with Gasteiger partial charge in [0, 0.05) is 6.20 Å². The van der Waals surface area contributed by atoms with Crippen LogP contribution in [0.25, 0.3) is 0 Å². The second-order valence-corrected chi connectivity index (χ2v) is 7.07. The number of nitrogens with one attached hydrogen (secondary N) is 1. The number of anilines is 1. The van der Waals surface area contributed by atoms with Gasteiger partial charge < -0.3 is 11.1 Å². The van der Waals surface area contributed by atoms with E-state index in [-0.39, 0.29) is 24.0 Å². The molecule has 1 aromatic heterocycles. The largest absolute Gasteiger partial charge is 0.382 e. The molecule has 1 aliphatic heterocycles. The van der Waals surface area contributed by atoms with Crippen molar-refractivity contribution in [2.75, 3.05) is 17.2 Å². The summed E-state index contributed by atoms with van der Waals surface area (Å²) in [5.41, 5.74) is 4.76. The molecule has 1 fully saturated rings. The highest BCUT2D eigenvalue weighted by molar-refractivity contribution is 7.91. The van der Waals surface area contributed by atoms with E-state index in [0.717, 1.165) is 0 Å². The maximum absolute atomic E-state index is 11.8. The molecule has 1 unspecified atom stereocenters. The summed E-state index contributed by atoms with van der Waals surface area (Å²) < 4.78 is 24.2. The van der Waals surface area contributed by atoms with Crippen LogP contribution in [-0.4, -0.2) is 41.2 Å². The molecule has 18 heavy (non-hydrogen) atoms. The van der Waals surface area contributed by atoms with Crippen LogP contribution in [-0.2, 0) is 21.2 Å². The number of amides is 1. The SMILES string of the molecule is CC1(NC(=O)Cn2ccc(N)n2)CCS(=O)(=O)C1. The molecule has 0 aromatic carbocycles. The summed E-state index contributed by atoms with van der Waals surface area (Å²) in [7, 11) is -3.03. The van der Waals surface area contributed by atoms with E-state index in [1.54, 1.807) is 19.2 Å². The Labute approximate surface area is 105 Å². The maximum Gasteiger partial charge on any atom is 0.242 e. The zero-order valence-electron chi connectivity index (χ0n) is 10.1. The van der Waals surface area contributed by atoms with E-state index < -0.39 is 15.4 Å². The number of hydrogen-bond donors (Lipinski definition) is 2. The Morgan fingerprint density at radius 3 is 2.89 bits per heavy atom. The van der Waals surface area contributed by atoms with Gasteiger partial charge in [0.25, 0.3) is 0 Å². The minimum absolute atomic E-state index is 0.00696. The zero-order valence-corrected chi connectivity index (χ0v) is 10.9. The van der Waals surface area contributed by atoms with Crippen molar-refractivity contribution in [3.05, 3.63) is 12.3 Å². The highest BCUT2D eigenvalue weighted by atomic mass is 32.2. The van der Waals surface area contributed by atoms with Gasteiger partial charge in [0.15, 0.2) is 9.84 Å². The van der Waals surface area contributed by atoms with E-state index in [0.29, 0.717) is 12.2 Å². The van der Waals surface area contributed by atoms with Gasteiger partial charge in [-0.1, -0.05) is 0 Å². The Kier molecular flexibility index (Phi) is 3.05. The summed E-state index contributed by atoms with van der Waals surface area (Å²) in [6, 6.07) is 1.59. The minimum atomic E-state index is -3.03. The lowest BCUT2D eigenvalue weighted by atomic mass is 10.0. The summed E-state index contributed by atoms with van der Waals surface area (Å²) in [5.74, 6) is 0.195. The number of aromatic nitrogens is 2. The number of nitrogen functional groups attached to an aromatic ring is 1. The van der Waals surface area contributed by atoms with Gasteiger partial charge in [0.05, 0.1) is 17.0 Å². The normalized spacial score (nSPS) is 26.1. The summed E-state index contributed by atoms with van der Waals surface area (Å²) >= 11 is 0. The maximum atomic E-state index is 11.8. The van der Waals surface area contributed by atoms with Crippen LogP contribution in [0.2, 0.25) is 0 Å². The smallest absolute Gasteiger partial charge is 0.242 e. The van der Waals surface area contributed by atoms with Gasteiger partial charge >= 0.3 is 0 Å². The van der Waals surface area contributed by atoms with Gasteiger partial charge in [-0.15, -0.1) is 0 Å². The van der Waals surface area contributed by atoms with Gasteiger partial charge in [-0.05, 0) is 19.4 Å². The number of carbonyl (C=O) groups excluding carboxylic acids is 1. The molecule has 1 saturated heterocycles. The van der Waals surface area contributed by atoms with Crippen molar-refractivity contribution < 1.29 is 13.2 Å². The van der Waals surface area contributed by atoms with Crippen LogP contribution in [0.5, 0.6) is 0 Å². The molecular formula is C10H16N4O3S. The predicted molar refractivity (Wildman–Crippen MR) is 66.5 cm³/mol. The summed E-state index contributed by atoms with van der Waals surface area (Å²) in [6.45, 7) is 1.78. The van der Waals surface area contributed by atoms with Crippen molar-refractivity contribution in [2.24, 2.45) is 0 Å². The molecular weight excluding hydrogens is 256 g/mol.